The van der Waals surface area contributed by atoms with E-state index in [1.54, 1.807) is 30.3 Å². The number of rotatable bonds is 5. The Morgan fingerprint density at radius 2 is 1.48 bits per heavy atom. The highest BCUT2D eigenvalue weighted by atomic mass is 79.9. The molecule has 1 amide bonds. The SMILES string of the molecule is O=C(Nc1ccc(S(=O)(=O)Nc2ccc(Br)cc2)cc1)c1cc2c(ccc3ccccc32)o1. The lowest BCUT2D eigenvalue weighted by Crippen LogP contribution is -2.14. The molecule has 0 radical (unpaired) electrons. The zero-order valence-electron chi connectivity index (χ0n) is 17.1. The fraction of sp³-hybridized carbons (Fsp3) is 0. The fourth-order valence-electron chi connectivity index (χ4n) is 3.55. The predicted molar refractivity (Wildman–Crippen MR) is 133 cm³/mol. The third-order valence-electron chi connectivity index (χ3n) is 5.17. The van der Waals surface area contributed by atoms with Crippen molar-refractivity contribution in [2.45, 2.75) is 4.90 Å². The second-order valence-corrected chi connectivity index (χ2v) is 10.00. The van der Waals surface area contributed by atoms with Crippen LogP contribution >= 0.6 is 15.9 Å². The van der Waals surface area contributed by atoms with Crippen molar-refractivity contribution >= 4 is 65.0 Å². The van der Waals surface area contributed by atoms with Crippen LogP contribution in [0.2, 0.25) is 0 Å². The Labute approximate surface area is 198 Å². The van der Waals surface area contributed by atoms with Crippen molar-refractivity contribution in [3.8, 4) is 0 Å². The topological polar surface area (TPSA) is 88.4 Å². The molecule has 33 heavy (non-hydrogen) atoms. The first-order valence-corrected chi connectivity index (χ1v) is 12.3. The summed E-state index contributed by atoms with van der Waals surface area (Å²) >= 11 is 3.32. The number of hydrogen-bond donors (Lipinski definition) is 2. The van der Waals surface area contributed by atoms with Crippen molar-refractivity contribution in [2.24, 2.45) is 0 Å². The minimum absolute atomic E-state index is 0.0821. The highest BCUT2D eigenvalue weighted by Gasteiger charge is 2.17. The monoisotopic (exact) mass is 520 g/mol. The first kappa shape index (κ1) is 21.2. The molecule has 5 aromatic rings. The maximum atomic E-state index is 12.7. The molecular formula is C25H17BrN2O4S. The number of hydrogen-bond acceptors (Lipinski definition) is 4. The zero-order chi connectivity index (χ0) is 23.0. The van der Waals surface area contributed by atoms with Gasteiger partial charge < -0.3 is 9.73 Å². The lowest BCUT2D eigenvalue weighted by Gasteiger charge is -2.09. The number of furan rings is 1. The molecule has 0 bridgehead atoms. The molecule has 0 saturated heterocycles. The lowest BCUT2D eigenvalue weighted by atomic mass is 10.1. The molecule has 0 spiro atoms. The molecule has 0 saturated carbocycles. The summed E-state index contributed by atoms with van der Waals surface area (Å²) in [4.78, 5) is 12.8. The van der Waals surface area contributed by atoms with Gasteiger partial charge in [0.2, 0.25) is 0 Å². The number of carbonyl (C=O) groups excluding carboxylic acids is 1. The molecule has 0 aliphatic heterocycles. The van der Waals surface area contributed by atoms with Crippen LogP contribution in [0.25, 0.3) is 21.7 Å². The summed E-state index contributed by atoms with van der Waals surface area (Å²) < 4.78 is 34.4. The van der Waals surface area contributed by atoms with Crippen LogP contribution in [-0.4, -0.2) is 14.3 Å². The average molecular weight is 521 g/mol. The maximum absolute atomic E-state index is 12.7. The number of sulfonamides is 1. The average Bonchev–Trinajstić information content (AvgIpc) is 3.26. The van der Waals surface area contributed by atoms with Crippen LogP contribution < -0.4 is 10.0 Å². The van der Waals surface area contributed by atoms with Gasteiger partial charge in [0.05, 0.1) is 4.90 Å². The van der Waals surface area contributed by atoms with E-state index < -0.39 is 15.9 Å². The van der Waals surface area contributed by atoms with Gasteiger partial charge in [-0.2, -0.15) is 0 Å². The summed E-state index contributed by atoms with van der Waals surface area (Å²) in [6.45, 7) is 0. The van der Waals surface area contributed by atoms with E-state index in [9.17, 15) is 13.2 Å². The molecule has 0 atom stereocenters. The van der Waals surface area contributed by atoms with Crippen LogP contribution in [0, 0.1) is 0 Å². The molecule has 0 aliphatic carbocycles. The van der Waals surface area contributed by atoms with Crippen LogP contribution in [-0.2, 0) is 10.0 Å². The van der Waals surface area contributed by atoms with E-state index in [1.165, 1.54) is 24.3 Å². The second-order valence-electron chi connectivity index (χ2n) is 7.40. The molecule has 1 heterocycles. The number of fused-ring (bicyclic) bond motifs is 3. The number of benzene rings is 4. The molecule has 164 valence electrons. The van der Waals surface area contributed by atoms with Gasteiger partial charge in [0.15, 0.2) is 5.76 Å². The fourth-order valence-corrected chi connectivity index (χ4v) is 4.87. The zero-order valence-corrected chi connectivity index (χ0v) is 19.5. The summed E-state index contributed by atoms with van der Waals surface area (Å²) in [6.07, 6.45) is 0. The van der Waals surface area contributed by atoms with Crippen LogP contribution in [0.1, 0.15) is 10.6 Å². The minimum atomic E-state index is -3.76. The van der Waals surface area contributed by atoms with E-state index in [0.29, 0.717) is 17.0 Å². The van der Waals surface area contributed by atoms with Crippen molar-refractivity contribution in [2.75, 3.05) is 10.0 Å². The lowest BCUT2D eigenvalue weighted by molar-refractivity contribution is 0.0998. The Kier molecular flexibility index (Phi) is 5.39. The van der Waals surface area contributed by atoms with Gasteiger partial charge in [-0.25, -0.2) is 8.42 Å². The van der Waals surface area contributed by atoms with Crippen molar-refractivity contribution in [3.05, 3.63) is 101 Å². The van der Waals surface area contributed by atoms with E-state index in [2.05, 4.69) is 26.0 Å². The third kappa shape index (κ3) is 4.35. The smallest absolute Gasteiger partial charge is 0.291 e. The Bertz CT molecular complexity index is 1590. The van der Waals surface area contributed by atoms with Gasteiger partial charge in [0.25, 0.3) is 15.9 Å². The Balaban J connectivity index is 1.34. The first-order valence-electron chi connectivity index (χ1n) is 10.0. The van der Waals surface area contributed by atoms with Crippen LogP contribution in [0.15, 0.2) is 105 Å². The van der Waals surface area contributed by atoms with Gasteiger partial charge in [-0.1, -0.05) is 46.3 Å². The van der Waals surface area contributed by atoms with Gasteiger partial charge in [0.1, 0.15) is 5.58 Å². The maximum Gasteiger partial charge on any atom is 0.291 e. The van der Waals surface area contributed by atoms with Crippen molar-refractivity contribution < 1.29 is 17.6 Å². The van der Waals surface area contributed by atoms with Gasteiger partial charge in [-0.3, -0.25) is 9.52 Å². The highest BCUT2D eigenvalue weighted by Crippen LogP contribution is 2.28. The molecule has 6 nitrogen and oxygen atoms in total. The Hall–Kier alpha value is -3.62. The van der Waals surface area contributed by atoms with Gasteiger partial charge >= 0.3 is 0 Å². The molecule has 4 aromatic carbocycles. The number of nitrogens with one attached hydrogen (secondary N) is 2. The van der Waals surface area contributed by atoms with E-state index in [-0.39, 0.29) is 10.7 Å². The number of anilines is 2. The summed E-state index contributed by atoms with van der Waals surface area (Å²) in [5.74, 6) is -0.242. The van der Waals surface area contributed by atoms with Crippen LogP contribution in [0.3, 0.4) is 0 Å². The van der Waals surface area contributed by atoms with E-state index in [0.717, 1.165) is 20.6 Å². The summed E-state index contributed by atoms with van der Waals surface area (Å²) in [5.41, 5.74) is 1.53. The normalized spacial score (nSPS) is 11.5. The molecule has 5 rings (SSSR count). The standard InChI is InChI=1S/C25H17BrN2O4S/c26-17-6-8-19(9-7-17)28-33(30,31)20-12-10-18(11-13-20)27-25(29)24-15-22-21-4-2-1-3-16(21)5-14-23(22)32-24/h1-15,28H,(H,27,29). The van der Waals surface area contributed by atoms with Crippen LogP contribution in [0.5, 0.6) is 0 Å². The Morgan fingerprint density at radius 3 is 2.24 bits per heavy atom. The quantitative estimate of drug-likeness (QED) is 0.280. The molecule has 8 heteroatoms. The van der Waals surface area contributed by atoms with Crippen molar-refractivity contribution in [1.82, 2.24) is 0 Å². The van der Waals surface area contributed by atoms with E-state index >= 15 is 0 Å². The van der Waals surface area contributed by atoms with Crippen molar-refractivity contribution in [3.63, 3.8) is 0 Å². The number of carbonyl (C=O) groups is 1. The highest BCUT2D eigenvalue weighted by molar-refractivity contribution is 9.10. The largest absolute Gasteiger partial charge is 0.451 e. The molecule has 0 unspecified atom stereocenters. The summed E-state index contributed by atoms with van der Waals surface area (Å²) in [7, 11) is -3.76. The van der Waals surface area contributed by atoms with Gasteiger partial charge in [0, 0.05) is 21.2 Å². The van der Waals surface area contributed by atoms with Gasteiger partial charge in [-0.05, 0) is 71.4 Å². The molecular weight excluding hydrogens is 504 g/mol. The van der Waals surface area contributed by atoms with Crippen LogP contribution in [0.4, 0.5) is 11.4 Å². The van der Waals surface area contributed by atoms with Gasteiger partial charge in [-0.15, -0.1) is 0 Å². The number of halogens is 1. The third-order valence-corrected chi connectivity index (χ3v) is 7.09. The second kappa shape index (κ2) is 8.38. The Morgan fingerprint density at radius 1 is 0.788 bits per heavy atom. The molecule has 0 aliphatic rings. The first-order chi connectivity index (χ1) is 15.9. The summed E-state index contributed by atoms with van der Waals surface area (Å²) in [5, 5.41) is 5.68. The summed E-state index contributed by atoms with van der Waals surface area (Å²) in [6, 6.07) is 26.1. The molecule has 1 aromatic heterocycles. The molecule has 2 N–H and O–H groups in total. The van der Waals surface area contributed by atoms with E-state index in [1.807, 2.05) is 36.4 Å². The van der Waals surface area contributed by atoms with Crippen molar-refractivity contribution in [1.29, 1.82) is 0 Å². The number of amides is 1. The minimum Gasteiger partial charge on any atom is -0.451 e. The predicted octanol–water partition coefficient (Wildman–Crippen LogP) is 6.40. The van der Waals surface area contributed by atoms with E-state index in [4.69, 9.17) is 4.42 Å². The molecule has 0 fully saturated rings.